The molecule has 0 heterocycles. The van der Waals surface area contributed by atoms with Gasteiger partial charge in [-0.3, -0.25) is 9.59 Å². The Morgan fingerprint density at radius 3 is 2.19 bits per heavy atom. The summed E-state index contributed by atoms with van der Waals surface area (Å²) in [4.78, 5) is 36.0. The van der Waals surface area contributed by atoms with Crippen LogP contribution in [0.2, 0.25) is 0 Å². The SMILES string of the molecule is C=CCC(NC(=O)OCC1c2ccccc2-c2ccccc21)C(=O)N[C@H](CC)CC(=O)O. The number of aliphatic carboxylic acids is 1. The lowest BCUT2D eigenvalue weighted by atomic mass is 9.98. The van der Waals surface area contributed by atoms with Gasteiger partial charge in [0.05, 0.1) is 6.42 Å². The van der Waals surface area contributed by atoms with Crippen molar-refractivity contribution >= 4 is 18.0 Å². The number of amides is 2. The molecule has 3 N–H and O–H groups in total. The largest absolute Gasteiger partial charge is 0.481 e. The van der Waals surface area contributed by atoms with Crippen LogP contribution < -0.4 is 10.6 Å². The van der Waals surface area contributed by atoms with Crippen molar-refractivity contribution in [3.05, 3.63) is 72.3 Å². The summed E-state index contributed by atoms with van der Waals surface area (Å²) < 4.78 is 5.50. The lowest BCUT2D eigenvalue weighted by Crippen LogP contribution is -2.50. The van der Waals surface area contributed by atoms with E-state index < -0.39 is 30.1 Å². The Balaban J connectivity index is 1.63. The highest BCUT2D eigenvalue weighted by molar-refractivity contribution is 5.86. The molecule has 7 heteroatoms. The van der Waals surface area contributed by atoms with E-state index in [1.54, 1.807) is 6.92 Å². The van der Waals surface area contributed by atoms with Gasteiger partial charge in [-0.15, -0.1) is 6.58 Å². The van der Waals surface area contributed by atoms with E-state index in [0.717, 1.165) is 22.3 Å². The second-order valence-electron chi connectivity index (χ2n) is 7.76. The minimum Gasteiger partial charge on any atom is -0.481 e. The van der Waals surface area contributed by atoms with Gasteiger partial charge in [-0.05, 0) is 35.1 Å². The molecule has 168 valence electrons. The van der Waals surface area contributed by atoms with E-state index in [1.165, 1.54) is 6.08 Å². The fraction of sp³-hybridized carbons (Fsp3) is 0.320. The molecule has 0 saturated carbocycles. The summed E-state index contributed by atoms with van der Waals surface area (Å²) >= 11 is 0. The van der Waals surface area contributed by atoms with E-state index in [1.807, 2.05) is 36.4 Å². The lowest BCUT2D eigenvalue weighted by molar-refractivity contribution is -0.137. The molecule has 1 unspecified atom stereocenters. The summed E-state index contributed by atoms with van der Waals surface area (Å²) in [6.07, 6.45) is 1.28. The van der Waals surface area contributed by atoms with Gasteiger partial charge in [0.2, 0.25) is 5.91 Å². The Hall–Kier alpha value is -3.61. The molecule has 2 amide bonds. The smallest absolute Gasteiger partial charge is 0.407 e. The molecular weight excluding hydrogens is 408 g/mol. The van der Waals surface area contributed by atoms with Crippen molar-refractivity contribution in [3.8, 4) is 11.1 Å². The number of carbonyl (C=O) groups is 3. The number of hydrogen-bond acceptors (Lipinski definition) is 4. The van der Waals surface area contributed by atoms with Gasteiger partial charge in [-0.2, -0.15) is 0 Å². The maximum atomic E-state index is 12.6. The Labute approximate surface area is 187 Å². The van der Waals surface area contributed by atoms with Crippen molar-refractivity contribution in [2.45, 2.75) is 44.2 Å². The molecule has 0 aromatic heterocycles. The van der Waals surface area contributed by atoms with Gasteiger partial charge in [-0.25, -0.2) is 4.79 Å². The highest BCUT2D eigenvalue weighted by atomic mass is 16.5. The number of carboxylic acid groups (broad SMARTS) is 1. The normalized spacial score (nSPS) is 13.9. The van der Waals surface area contributed by atoms with E-state index in [9.17, 15) is 14.4 Å². The summed E-state index contributed by atoms with van der Waals surface area (Å²) in [7, 11) is 0. The number of carboxylic acids is 1. The number of alkyl carbamates (subject to hydrolysis) is 1. The van der Waals surface area contributed by atoms with Crippen molar-refractivity contribution in [2.75, 3.05) is 6.61 Å². The quantitative estimate of drug-likeness (QED) is 0.491. The van der Waals surface area contributed by atoms with Crippen molar-refractivity contribution in [1.82, 2.24) is 10.6 Å². The number of rotatable bonds is 10. The van der Waals surface area contributed by atoms with Crippen molar-refractivity contribution in [2.24, 2.45) is 0 Å². The Bertz CT molecular complexity index is 958. The number of benzene rings is 2. The average Bonchev–Trinajstić information content (AvgIpc) is 3.10. The van der Waals surface area contributed by atoms with Crippen LogP contribution in [0.1, 0.15) is 43.2 Å². The van der Waals surface area contributed by atoms with E-state index in [4.69, 9.17) is 9.84 Å². The fourth-order valence-corrected chi connectivity index (χ4v) is 3.99. The molecule has 2 atom stereocenters. The summed E-state index contributed by atoms with van der Waals surface area (Å²) in [5, 5.41) is 14.2. The van der Waals surface area contributed by atoms with Gasteiger partial charge in [0.25, 0.3) is 0 Å². The molecule has 0 aliphatic heterocycles. The first-order valence-electron chi connectivity index (χ1n) is 10.7. The summed E-state index contributed by atoms with van der Waals surface area (Å²) in [6, 6.07) is 14.6. The molecule has 3 rings (SSSR count). The zero-order chi connectivity index (χ0) is 23.1. The number of nitrogens with one attached hydrogen (secondary N) is 2. The summed E-state index contributed by atoms with van der Waals surface area (Å²) in [5.41, 5.74) is 4.46. The van der Waals surface area contributed by atoms with Gasteiger partial charge in [0.15, 0.2) is 0 Å². The molecule has 2 aromatic rings. The topological polar surface area (TPSA) is 105 Å². The molecule has 1 aliphatic carbocycles. The maximum Gasteiger partial charge on any atom is 0.407 e. The van der Waals surface area contributed by atoms with E-state index in [2.05, 4.69) is 29.3 Å². The fourth-order valence-electron chi connectivity index (χ4n) is 3.99. The maximum absolute atomic E-state index is 12.6. The molecule has 0 saturated heterocycles. The lowest BCUT2D eigenvalue weighted by Gasteiger charge is -2.21. The first kappa shape index (κ1) is 23.1. The first-order valence-corrected chi connectivity index (χ1v) is 10.7. The second-order valence-corrected chi connectivity index (χ2v) is 7.76. The van der Waals surface area contributed by atoms with Crippen LogP contribution in [-0.2, 0) is 14.3 Å². The average molecular weight is 437 g/mol. The Morgan fingerprint density at radius 2 is 1.66 bits per heavy atom. The predicted molar refractivity (Wildman–Crippen MR) is 121 cm³/mol. The minimum atomic E-state index is -0.998. The standard InChI is InChI=1S/C25H28N2O5/c1-3-9-22(24(30)26-16(4-2)14-23(28)29)27-25(31)32-15-21-19-12-7-5-10-17(19)18-11-6-8-13-20(18)21/h3,5-8,10-13,16,21-22H,1,4,9,14-15H2,2H3,(H,26,30)(H,27,31)(H,28,29)/t16-,22?/m1/s1. The Morgan fingerprint density at radius 1 is 1.06 bits per heavy atom. The van der Waals surface area contributed by atoms with Crippen LogP contribution in [0, 0.1) is 0 Å². The highest BCUT2D eigenvalue weighted by Crippen LogP contribution is 2.44. The second kappa shape index (κ2) is 10.6. The molecule has 1 aliphatic rings. The minimum absolute atomic E-state index is 0.0835. The van der Waals surface area contributed by atoms with Gasteiger partial charge >= 0.3 is 12.1 Å². The zero-order valence-electron chi connectivity index (χ0n) is 18.0. The molecule has 32 heavy (non-hydrogen) atoms. The number of fused-ring (bicyclic) bond motifs is 3. The molecule has 2 aromatic carbocycles. The van der Waals surface area contributed by atoms with E-state index >= 15 is 0 Å². The van der Waals surface area contributed by atoms with Gasteiger partial charge in [0.1, 0.15) is 12.6 Å². The zero-order valence-corrected chi connectivity index (χ0v) is 18.0. The van der Waals surface area contributed by atoms with E-state index in [0.29, 0.717) is 6.42 Å². The summed E-state index contributed by atoms with van der Waals surface area (Å²) in [5.74, 6) is -1.55. The first-order chi connectivity index (χ1) is 15.4. The van der Waals surface area contributed by atoms with E-state index in [-0.39, 0.29) is 25.4 Å². The highest BCUT2D eigenvalue weighted by Gasteiger charge is 2.30. The molecule has 0 fully saturated rings. The van der Waals surface area contributed by atoms with Crippen molar-refractivity contribution < 1.29 is 24.2 Å². The van der Waals surface area contributed by atoms with Crippen molar-refractivity contribution in [3.63, 3.8) is 0 Å². The molecule has 0 spiro atoms. The molecule has 0 bridgehead atoms. The molecule has 7 nitrogen and oxygen atoms in total. The number of ether oxygens (including phenoxy) is 1. The number of carbonyl (C=O) groups excluding carboxylic acids is 2. The molecule has 0 radical (unpaired) electrons. The third-order valence-corrected chi connectivity index (χ3v) is 5.61. The third kappa shape index (κ3) is 5.35. The van der Waals surface area contributed by atoms with Gasteiger partial charge in [0, 0.05) is 12.0 Å². The van der Waals surface area contributed by atoms with Gasteiger partial charge in [-0.1, -0.05) is 61.5 Å². The van der Waals surface area contributed by atoms with Crippen LogP contribution in [0.5, 0.6) is 0 Å². The van der Waals surface area contributed by atoms with Crippen LogP contribution >= 0.6 is 0 Å². The monoisotopic (exact) mass is 436 g/mol. The van der Waals surface area contributed by atoms with Crippen molar-refractivity contribution in [1.29, 1.82) is 0 Å². The predicted octanol–water partition coefficient (Wildman–Crippen LogP) is 3.84. The number of hydrogen-bond donors (Lipinski definition) is 3. The Kier molecular flexibility index (Phi) is 7.65. The third-order valence-electron chi connectivity index (χ3n) is 5.61. The van der Waals surface area contributed by atoms with Crippen LogP contribution in [-0.4, -0.2) is 41.8 Å². The van der Waals surface area contributed by atoms with Crippen LogP contribution in [0.25, 0.3) is 11.1 Å². The summed E-state index contributed by atoms with van der Waals surface area (Å²) in [6.45, 7) is 5.56. The van der Waals surface area contributed by atoms with Crippen LogP contribution in [0.15, 0.2) is 61.2 Å². The van der Waals surface area contributed by atoms with Gasteiger partial charge < -0.3 is 20.5 Å². The van der Waals surface area contributed by atoms with Crippen LogP contribution in [0.3, 0.4) is 0 Å². The van der Waals surface area contributed by atoms with Crippen LogP contribution in [0.4, 0.5) is 4.79 Å². The molecular formula is C25H28N2O5.